The molecule has 0 amide bonds. The number of halogens is 3. The highest BCUT2D eigenvalue weighted by Crippen LogP contribution is 2.28. The van der Waals surface area contributed by atoms with Gasteiger partial charge in [-0.2, -0.15) is 17.7 Å². The van der Waals surface area contributed by atoms with Crippen LogP contribution in [0.3, 0.4) is 0 Å². The van der Waals surface area contributed by atoms with Crippen molar-refractivity contribution in [2.24, 2.45) is 5.92 Å². The molecular weight excluding hydrogens is 375 g/mol. The number of aromatic nitrogens is 6. The largest absolute Gasteiger partial charge is 0.477 e. The number of aryl methyl sites for hydroxylation is 1. The molecule has 4 rings (SSSR count). The molecule has 8 nitrogen and oxygen atoms in total. The lowest BCUT2D eigenvalue weighted by molar-refractivity contribution is -0.146. The molecule has 0 bridgehead atoms. The summed E-state index contributed by atoms with van der Waals surface area (Å²) in [5, 5.41) is 10.8. The van der Waals surface area contributed by atoms with Gasteiger partial charge in [0.05, 0.1) is 6.61 Å². The van der Waals surface area contributed by atoms with Gasteiger partial charge in [0.25, 0.3) is 5.82 Å². The van der Waals surface area contributed by atoms with Crippen molar-refractivity contribution >= 4 is 11.5 Å². The summed E-state index contributed by atoms with van der Waals surface area (Å²) in [6, 6.07) is 4.95. The molecule has 28 heavy (non-hydrogen) atoms. The van der Waals surface area contributed by atoms with Crippen LogP contribution in [0.15, 0.2) is 24.5 Å². The minimum atomic E-state index is -4.60. The summed E-state index contributed by atoms with van der Waals surface area (Å²) in [5.74, 6) is 0.251. The average molecular weight is 393 g/mol. The molecule has 0 aliphatic carbocycles. The second kappa shape index (κ2) is 7.21. The molecule has 148 valence electrons. The molecule has 3 aromatic rings. The molecule has 0 unspecified atom stereocenters. The first kappa shape index (κ1) is 18.4. The molecule has 1 fully saturated rings. The van der Waals surface area contributed by atoms with E-state index in [2.05, 4.69) is 25.3 Å². The number of hydrogen-bond acceptors (Lipinski definition) is 7. The molecule has 3 aromatic heterocycles. The Kier molecular flexibility index (Phi) is 4.73. The van der Waals surface area contributed by atoms with Crippen LogP contribution in [-0.2, 0) is 6.18 Å². The molecular formula is C17H18F3N7O. The van der Waals surface area contributed by atoms with Crippen molar-refractivity contribution in [3.05, 3.63) is 36.0 Å². The summed E-state index contributed by atoms with van der Waals surface area (Å²) in [4.78, 5) is 10.1. The van der Waals surface area contributed by atoms with Crippen LogP contribution < -0.4 is 9.64 Å². The molecule has 1 aliphatic rings. The Morgan fingerprint density at radius 2 is 1.93 bits per heavy atom. The minimum Gasteiger partial charge on any atom is -0.477 e. The van der Waals surface area contributed by atoms with Gasteiger partial charge in [0, 0.05) is 24.8 Å². The highest BCUT2D eigenvalue weighted by Gasteiger charge is 2.37. The van der Waals surface area contributed by atoms with Gasteiger partial charge < -0.3 is 9.64 Å². The van der Waals surface area contributed by atoms with Gasteiger partial charge in [0.1, 0.15) is 12.1 Å². The van der Waals surface area contributed by atoms with Crippen LogP contribution in [0.4, 0.5) is 19.0 Å². The second-order valence-corrected chi connectivity index (χ2v) is 6.72. The standard InChI is InChI=1S/C17H18F3N7O/c1-11-8-15(22-10-21-11)28-9-12-4-6-26(7-5-12)14-3-2-13-23-24-16(17(18,19)20)27(13)25-14/h2-3,8,10,12H,4-7,9H2,1H3. The van der Waals surface area contributed by atoms with E-state index in [0.717, 1.165) is 23.1 Å². The van der Waals surface area contributed by atoms with Gasteiger partial charge >= 0.3 is 6.18 Å². The fourth-order valence-electron chi connectivity index (χ4n) is 3.17. The predicted molar refractivity (Wildman–Crippen MR) is 93.0 cm³/mol. The van der Waals surface area contributed by atoms with Crippen molar-refractivity contribution < 1.29 is 17.9 Å². The number of ether oxygens (including phenoxy) is 1. The Hall–Kier alpha value is -2.98. The van der Waals surface area contributed by atoms with Crippen molar-refractivity contribution in [2.45, 2.75) is 25.9 Å². The predicted octanol–water partition coefficient (Wildman–Crippen LogP) is 2.54. The van der Waals surface area contributed by atoms with Gasteiger partial charge in [-0.05, 0) is 37.8 Å². The van der Waals surface area contributed by atoms with Crippen LogP contribution >= 0.6 is 0 Å². The fraction of sp³-hybridized carbons (Fsp3) is 0.471. The number of anilines is 1. The zero-order valence-electron chi connectivity index (χ0n) is 15.1. The molecule has 0 atom stereocenters. The number of nitrogens with zero attached hydrogens (tertiary/aromatic N) is 7. The number of rotatable bonds is 4. The monoisotopic (exact) mass is 393 g/mol. The van der Waals surface area contributed by atoms with Gasteiger partial charge in [-0.1, -0.05) is 0 Å². The third kappa shape index (κ3) is 3.82. The van der Waals surface area contributed by atoms with Gasteiger partial charge in [-0.25, -0.2) is 9.97 Å². The topological polar surface area (TPSA) is 81.3 Å². The molecule has 0 saturated carbocycles. The van der Waals surface area contributed by atoms with Crippen molar-refractivity contribution in [1.82, 2.24) is 29.8 Å². The fourth-order valence-corrected chi connectivity index (χ4v) is 3.17. The van der Waals surface area contributed by atoms with E-state index in [9.17, 15) is 13.2 Å². The summed E-state index contributed by atoms with van der Waals surface area (Å²) >= 11 is 0. The third-order valence-corrected chi connectivity index (χ3v) is 4.69. The first-order valence-corrected chi connectivity index (χ1v) is 8.86. The number of alkyl halides is 3. The summed E-state index contributed by atoms with van der Waals surface area (Å²) in [6.07, 6.45) is -1.44. The molecule has 11 heteroatoms. The highest BCUT2D eigenvalue weighted by molar-refractivity contribution is 5.46. The molecule has 1 aliphatic heterocycles. The maximum Gasteiger partial charge on any atom is 0.453 e. The maximum absolute atomic E-state index is 13.0. The first-order valence-electron chi connectivity index (χ1n) is 8.86. The molecule has 0 N–H and O–H groups in total. The summed E-state index contributed by atoms with van der Waals surface area (Å²) in [7, 11) is 0. The van der Waals surface area contributed by atoms with Crippen molar-refractivity contribution in [3.63, 3.8) is 0 Å². The van der Waals surface area contributed by atoms with E-state index in [1.165, 1.54) is 12.4 Å². The Morgan fingerprint density at radius 3 is 2.64 bits per heavy atom. The van der Waals surface area contributed by atoms with Crippen LogP contribution in [0.5, 0.6) is 5.88 Å². The second-order valence-electron chi connectivity index (χ2n) is 6.72. The molecule has 4 heterocycles. The average Bonchev–Trinajstić information content (AvgIpc) is 3.10. The van der Waals surface area contributed by atoms with E-state index >= 15 is 0 Å². The maximum atomic E-state index is 13.0. The Morgan fingerprint density at radius 1 is 1.14 bits per heavy atom. The van der Waals surface area contributed by atoms with Crippen LogP contribution in [0.25, 0.3) is 5.65 Å². The van der Waals surface area contributed by atoms with E-state index < -0.39 is 12.0 Å². The van der Waals surface area contributed by atoms with Gasteiger partial charge in [-0.15, -0.1) is 15.3 Å². The Bertz CT molecular complexity index is 967. The van der Waals surface area contributed by atoms with Crippen molar-refractivity contribution in [1.29, 1.82) is 0 Å². The zero-order valence-corrected chi connectivity index (χ0v) is 15.1. The van der Waals surface area contributed by atoms with E-state index in [1.54, 1.807) is 12.1 Å². The Labute approximate surface area is 158 Å². The van der Waals surface area contributed by atoms with E-state index in [1.807, 2.05) is 11.8 Å². The van der Waals surface area contributed by atoms with E-state index in [4.69, 9.17) is 4.74 Å². The molecule has 0 radical (unpaired) electrons. The summed E-state index contributed by atoms with van der Waals surface area (Å²) < 4.78 is 45.6. The van der Waals surface area contributed by atoms with Gasteiger partial charge in [-0.3, -0.25) is 0 Å². The lowest BCUT2D eigenvalue weighted by Crippen LogP contribution is -2.36. The zero-order chi connectivity index (χ0) is 19.7. The van der Waals surface area contributed by atoms with E-state index in [-0.39, 0.29) is 5.65 Å². The van der Waals surface area contributed by atoms with Crippen LogP contribution in [0.2, 0.25) is 0 Å². The minimum absolute atomic E-state index is 0.0690. The lowest BCUT2D eigenvalue weighted by atomic mass is 9.98. The number of hydrogen-bond donors (Lipinski definition) is 0. The number of piperidine rings is 1. The number of fused-ring (bicyclic) bond motifs is 1. The van der Waals surface area contributed by atoms with Crippen LogP contribution in [0, 0.1) is 12.8 Å². The third-order valence-electron chi connectivity index (χ3n) is 4.69. The van der Waals surface area contributed by atoms with Gasteiger partial charge in [0.15, 0.2) is 5.65 Å². The van der Waals surface area contributed by atoms with E-state index in [0.29, 0.717) is 37.3 Å². The lowest BCUT2D eigenvalue weighted by Gasteiger charge is -2.32. The van der Waals surface area contributed by atoms with Crippen LogP contribution in [-0.4, -0.2) is 49.5 Å². The van der Waals surface area contributed by atoms with Crippen molar-refractivity contribution in [3.8, 4) is 5.88 Å². The SMILES string of the molecule is Cc1cc(OCC2CCN(c3ccc4nnc(C(F)(F)F)n4n3)CC2)ncn1. The first-order chi connectivity index (χ1) is 13.4. The summed E-state index contributed by atoms with van der Waals surface area (Å²) in [5.41, 5.74) is 0.910. The molecule has 0 spiro atoms. The molecule has 0 aromatic carbocycles. The van der Waals surface area contributed by atoms with Crippen LogP contribution in [0.1, 0.15) is 24.4 Å². The smallest absolute Gasteiger partial charge is 0.453 e. The van der Waals surface area contributed by atoms with Gasteiger partial charge in [0.2, 0.25) is 5.88 Å². The summed E-state index contributed by atoms with van der Waals surface area (Å²) in [6.45, 7) is 3.77. The Balaban J connectivity index is 1.39. The quantitative estimate of drug-likeness (QED) is 0.674. The molecule has 1 saturated heterocycles. The normalized spacial score (nSPS) is 15.9. The van der Waals surface area contributed by atoms with Crippen molar-refractivity contribution in [2.75, 3.05) is 24.6 Å². The highest BCUT2D eigenvalue weighted by atomic mass is 19.4.